The number of hydrogen-bond acceptors (Lipinski definition) is 5. The Morgan fingerprint density at radius 1 is 1.07 bits per heavy atom. The van der Waals surface area contributed by atoms with Crippen molar-refractivity contribution in [3.05, 3.63) is 71.3 Å². The number of aliphatic hydroxyl groups is 1. The van der Waals surface area contributed by atoms with Gasteiger partial charge in [0.1, 0.15) is 11.5 Å². The molecule has 6 heteroatoms. The molecule has 1 aliphatic heterocycles. The molecule has 1 fully saturated rings. The summed E-state index contributed by atoms with van der Waals surface area (Å²) in [4.78, 5) is 29.4. The van der Waals surface area contributed by atoms with E-state index in [1.807, 2.05) is 56.3 Å². The van der Waals surface area contributed by atoms with Crippen LogP contribution in [-0.2, 0) is 9.59 Å². The van der Waals surface area contributed by atoms with Crippen LogP contribution in [0.4, 0.5) is 0 Å². The molecule has 0 saturated carbocycles. The maximum Gasteiger partial charge on any atom is 0.295 e. The summed E-state index contributed by atoms with van der Waals surface area (Å²) in [5.41, 5.74) is 1.40. The van der Waals surface area contributed by atoms with Gasteiger partial charge in [-0.25, -0.2) is 0 Å². The van der Waals surface area contributed by atoms with Gasteiger partial charge >= 0.3 is 0 Å². The van der Waals surface area contributed by atoms with Crippen LogP contribution in [0.15, 0.2) is 60.2 Å². The first kappa shape index (κ1) is 21.6. The summed E-state index contributed by atoms with van der Waals surface area (Å²) in [5.74, 6) is -0.665. The summed E-state index contributed by atoms with van der Waals surface area (Å²) in [7, 11) is 3.93. The monoisotopic (exact) mass is 408 g/mol. The van der Waals surface area contributed by atoms with E-state index in [1.165, 1.54) is 0 Å². The average Bonchev–Trinajstić information content (AvgIpc) is 2.99. The predicted molar refractivity (Wildman–Crippen MR) is 116 cm³/mol. The standard InChI is InChI=1S/C24H28N2O4/c1-4-30-19-13-11-17(12-14-19)21-20(22(27)18-9-6-5-7-10-18)23(28)24(29)26(21)16-8-15-25(2)3/h5-7,9-14,21,27H,4,8,15-16H2,1-3H3/t21-/m0/s1. The van der Waals surface area contributed by atoms with Gasteiger partial charge in [-0.15, -0.1) is 0 Å². The second-order valence-electron chi connectivity index (χ2n) is 7.52. The number of nitrogens with zero attached hydrogens (tertiary/aromatic N) is 2. The molecule has 0 bridgehead atoms. The smallest absolute Gasteiger partial charge is 0.295 e. The van der Waals surface area contributed by atoms with Crippen molar-refractivity contribution in [3.63, 3.8) is 0 Å². The first-order valence-corrected chi connectivity index (χ1v) is 10.1. The second kappa shape index (κ2) is 9.59. The van der Waals surface area contributed by atoms with Gasteiger partial charge in [-0.05, 0) is 51.7 Å². The molecule has 1 amide bonds. The summed E-state index contributed by atoms with van der Waals surface area (Å²) in [6, 6.07) is 15.6. The molecule has 1 atom stereocenters. The van der Waals surface area contributed by atoms with Crippen LogP contribution in [0.3, 0.4) is 0 Å². The molecule has 1 aliphatic rings. The fourth-order valence-electron chi connectivity index (χ4n) is 3.68. The third-order valence-corrected chi connectivity index (χ3v) is 5.10. The van der Waals surface area contributed by atoms with Crippen molar-refractivity contribution < 1.29 is 19.4 Å². The largest absolute Gasteiger partial charge is 0.507 e. The van der Waals surface area contributed by atoms with Gasteiger partial charge in [0.15, 0.2) is 0 Å². The highest BCUT2D eigenvalue weighted by atomic mass is 16.5. The molecule has 6 nitrogen and oxygen atoms in total. The molecule has 0 radical (unpaired) electrons. The Morgan fingerprint density at radius 2 is 1.73 bits per heavy atom. The van der Waals surface area contributed by atoms with Crippen molar-refractivity contribution in [2.75, 3.05) is 33.8 Å². The highest BCUT2D eigenvalue weighted by molar-refractivity contribution is 6.46. The van der Waals surface area contributed by atoms with Crippen molar-refractivity contribution in [2.24, 2.45) is 0 Å². The van der Waals surface area contributed by atoms with Gasteiger partial charge in [-0.3, -0.25) is 9.59 Å². The number of rotatable bonds is 8. The molecule has 0 unspecified atom stereocenters. The van der Waals surface area contributed by atoms with E-state index < -0.39 is 17.7 Å². The van der Waals surface area contributed by atoms with Gasteiger partial charge in [0.2, 0.25) is 0 Å². The molecule has 1 saturated heterocycles. The topological polar surface area (TPSA) is 70.1 Å². The maximum absolute atomic E-state index is 12.9. The summed E-state index contributed by atoms with van der Waals surface area (Å²) >= 11 is 0. The van der Waals surface area contributed by atoms with Gasteiger partial charge in [0, 0.05) is 12.1 Å². The van der Waals surface area contributed by atoms with E-state index in [0.717, 1.165) is 18.5 Å². The molecule has 1 N–H and O–H groups in total. The summed E-state index contributed by atoms with van der Waals surface area (Å²) in [6.45, 7) is 3.67. The van der Waals surface area contributed by atoms with Crippen molar-refractivity contribution in [2.45, 2.75) is 19.4 Å². The maximum atomic E-state index is 12.9. The number of aliphatic hydroxyl groups excluding tert-OH is 1. The first-order chi connectivity index (χ1) is 14.4. The van der Waals surface area contributed by atoms with Crippen molar-refractivity contribution in [1.29, 1.82) is 0 Å². The minimum Gasteiger partial charge on any atom is -0.507 e. The molecule has 0 aliphatic carbocycles. The molecule has 158 valence electrons. The molecular formula is C24H28N2O4. The molecular weight excluding hydrogens is 380 g/mol. The lowest BCUT2D eigenvalue weighted by molar-refractivity contribution is -0.139. The van der Waals surface area contributed by atoms with E-state index in [4.69, 9.17) is 4.74 Å². The fraction of sp³-hybridized carbons (Fsp3) is 0.333. The number of hydrogen-bond donors (Lipinski definition) is 1. The Kier molecular flexibility index (Phi) is 6.90. The van der Waals surface area contributed by atoms with Gasteiger partial charge in [0.05, 0.1) is 18.2 Å². The average molecular weight is 408 g/mol. The summed E-state index contributed by atoms with van der Waals surface area (Å²) in [5, 5.41) is 11.0. The number of amides is 1. The second-order valence-corrected chi connectivity index (χ2v) is 7.52. The number of Topliss-reactive ketones (excluding diaryl/α,β-unsaturated/α-hetero) is 1. The Balaban J connectivity index is 2.05. The van der Waals surface area contributed by atoms with E-state index in [2.05, 4.69) is 0 Å². The highest BCUT2D eigenvalue weighted by Gasteiger charge is 2.45. The van der Waals surface area contributed by atoms with Gasteiger partial charge in [0.25, 0.3) is 11.7 Å². The van der Waals surface area contributed by atoms with Crippen LogP contribution in [0.5, 0.6) is 5.75 Å². The molecule has 0 spiro atoms. The van der Waals surface area contributed by atoms with Gasteiger partial charge < -0.3 is 19.6 Å². The number of ether oxygens (including phenoxy) is 1. The quantitative estimate of drug-likeness (QED) is 0.412. The normalized spacial score (nSPS) is 18.3. The van der Waals surface area contributed by atoms with E-state index in [9.17, 15) is 14.7 Å². The summed E-state index contributed by atoms with van der Waals surface area (Å²) in [6.07, 6.45) is 0.721. The Bertz CT molecular complexity index is 920. The zero-order chi connectivity index (χ0) is 21.7. The Morgan fingerprint density at radius 3 is 2.33 bits per heavy atom. The molecule has 0 aromatic heterocycles. The van der Waals surface area contributed by atoms with Crippen molar-refractivity contribution in [3.8, 4) is 5.75 Å². The minimum atomic E-state index is -0.653. The Labute approximate surface area is 177 Å². The number of carbonyl (C=O) groups excluding carboxylic acids is 2. The summed E-state index contributed by atoms with van der Waals surface area (Å²) < 4.78 is 5.51. The van der Waals surface area contributed by atoms with Crippen LogP contribution in [0.2, 0.25) is 0 Å². The highest BCUT2D eigenvalue weighted by Crippen LogP contribution is 2.39. The molecule has 30 heavy (non-hydrogen) atoms. The fourth-order valence-corrected chi connectivity index (χ4v) is 3.68. The Hall–Kier alpha value is -3.12. The number of carbonyl (C=O) groups is 2. The minimum absolute atomic E-state index is 0.125. The predicted octanol–water partition coefficient (Wildman–Crippen LogP) is 3.46. The van der Waals surface area contributed by atoms with Crippen LogP contribution < -0.4 is 4.74 Å². The lowest BCUT2D eigenvalue weighted by Crippen LogP contribution is -2.32. The van der Waals surface area contributed by atoms with Crippen LogP contribution >= 0.6 is 0 Å². The third kappa shape index (κ3) is 4.54. The van der Waals surface area contributed by atoms with E-state index in [0.29, 0.717) is 24.5 Å². The zero-order valence-corrected chi connectivity index (χ0v) is 17.7. The van der Waals surface area contributed by atoms with Crippen LogP contribution in [0, 0.1) is 0 Å². The van der Waals surface area contributed by atoms with E-state index in [-0.39, 0.29) is 11.3 Å². The molecule has 2 aromatic carbocycles. The molecule has 3 rings (SSSR count). The van der Waals surface area contributed by atoms with E-state index >= 15 is 0 Å². The van der Waals surface area contributed by atoms with Gasteiger partial charge in [-0.2, -0.15) is 0 Å². The van der Waals surface area contributed by atoms with E-state index in [1.54, 1.807) is 29.2 Å². The molecule has 2 aromatic rings. The number of ketones is 1. The number of benzene rings is 2. The zero-order valence-electron chi connectivity index (χ0n) is 17.7. The van der Waals surface area contributed by atoms with Crippen molar-refractivity contribution >= 4 is 17.4 Å². The first-order valence-electron chi connectivity index (χ1n) is 10.1. The van der Waals surface area contributed by atoms with Crippen LogP contribution in [0.25, 0.3) is 5.76 Å². The lowest BCUT2D eigenvalue weighted by Gasteiger charge is -2.26. The lowest BCUT2D eigenvalue weighted by atomic mass is 9.95. The third-order valence-electron chi connectivity index (χ3n) is 5.10. The van der Waals surface area contributed by atoms with Crippen LogP contribution in [0.1, 0.15) is 30.5 Å². The SMILES string of the molecule is CCOc1ccc([C@H]2C(=C(O)c3ccccc3)C(=O)C(=O)N2CCCN(C)C)cc1. The molecule has 1 heterocycles. The van der Waals surface area contributed by atoms with Crippen LogP contribution in [-0.4, -0.2) is 60.4 Å². The van der Waals surface area contributed by atoms with Gasteiger partial charge in [-0.1, -0.05) is 42.5 Å². The number of likely N-dealkylation sites (tertiary alicyclic amines) is 1. The van der Waals surface area contributed by atoms with Crippen molar-refractivity contribution in [1.82, 2.24) is 9.80 Å².